The summed E-state index contributed by atoms with van der Waals surface area (Å²) < 4.78 is 6.47. The van der Waals surface area contributed by atoms with Crippen molar-refractivity contribution in [1.29, 1.82) is 0 Å². The van der Waals surface area contributed by atoms with Gasteiger partial charge in [0.05, 0.1) is 22.9 Å². The molecule has 0 aliphatic carbocycles. The van der Waals surface area contributed by atoms with E-state index in [9.17, 15) is 14.4 Å². The number of hydroxylamine groups is 1. The van der Waals surface area contributed by atoms with E-state index in [-0.39, 0.29) is 0 Å². The number of amides is 3. The van der Waals surface area contributed by atoms with Crippen molar-refractivity contribution >= 4 is 40.6 Å². The minimum absolute atomic E-state index is 0.370. The standard InChI is InChI=1S/C18H24IN3O5/c1-12-7-9-13(10-8-12)15(23)22(19)18(2,16(24)20-3)17(25)21-27-14-6-4-5-11-26-14/h7-10,14H,4-6,11H2,1-3H3,(H,20,24)(H,21,25)/t14?,18-/m0/s1. The number of nitrogens with one attached hydrogen (secondary N) is 2. The molecule has 2 rings (SSSR count). The molecule has 1 unspecified atom stereocenters. The van der Waals surface area contributed by atoms with Gasteiger partial charge in [-0.2, -0.15) is 0 Å². The van der Waals surface area contributed by atoms with E-state index in [1.807, 2.05) is 6.92 Å². The molecule has 0 bridgehead atoms. The van der Waals surface area contributed by atoms with Crippen molar-refractivity contribution in [1.82, 2.24) is 13.9 Å². The lowest BCUT2D eigenvalue weighted by molar-refractivity contribution is -0.203. The Balaban J connectivity index is 2.17. The summed E-state index contributed by atoms with van der Waals surface area (Å²) in [7, 11) is 1.40. The molecule has 1 aliphatic heterocycles. The maximum absolute atomic E-state index is 12.8. The molecule has 0 aromatic heterocycles. The molecule has 1 fully saturated rings. The van der Waals surface area contributed by atoms with Gasteiger partial charge in [0.25, 0.3) is 17.7 Å². The highest BCUT2D eigenvalue weighted by molar-refractivity contribution is 14.1. The van der Waals surface area contributed by atoms with Crippen molar-refractivity contribution in [2.45, 2.75) is 44.9 Å². The van der Waals surface area contributed by atoms with Crippen molar-refractivity contribution < 1.29 is 24.0 Å². The molecule has 8 nitrogen and oxygen atoms in total. The molecule has 0 saturated carbocycles. The van der Waals surface area contributed by atoms with E-state index in [2.05, 4.69) is 10.8 Å². The number of rotatable bonds is 6. The van der Waals surface area contributed by atoms with E-state index >= 15 is 0 Å². The molecular weight excluding hydrogens is 465 g/mol. The molecule has 9 heteroatoms. The van der Waals surface area contributed by atoms with Crippen LogP contribution in [0.4, 0.5) is 0 Å². The highest BCUT2D eigenvalue weighted by Crippen LogP contribution is 2.25. The van der Waals surface area contributed by atoms with E-state index in [0.29, 0.717) is 18.6 Å². The van der Waals surface area contributed by atoms with Crippen molar-refractivity contribution in [3.63, 3.8) is 0 Å². The van der Waals surface area contributed by atoms with Gasteiger partial charge in [0.1, 0.15) is 0 Å². The SMILES string of the molecule is CNC(=O)[C@@](C)(C(=O)NOC1CCCCO1)N(I)C(=O)c1ccc(C)cc1. The Morgan fingerprint density at radius 3 is 2.44 bits per heavy atom. The van der Waals surface area contributed by atoms with Gasteiger partial charge < -0.3 is 10.1 Å². The fraction of sp³-hybridized carbons (Fsp3) is 0.500. The Morgan fingerprint density at radius 1 is 1.22 bits per heavy atom. The first-order valence-corrected chi connectivity index (χ1v) is 9.64. The minimum Gasteiger partial charge on any atom is -0.357 e. The predicted octanol–water partition coefficient (Wildman–Crippen LogP) is 1.87. The molecule has 1 saturated heterocycles. The van der Waals surface area contributed by atoms with E-state index < -0.39 is 29.6 Å². The Kier molecular flexibility index (Phi) is 7.57. The number of nitrogens with zero attached hydrogens (tertiary/aromatic N) is 1. The Morgan fingerprint density at radius 2 is 1.89 bits per heavy atom. The average Bonchev–Trinajstić information content (AvgIpc) is 2.70. The first kappa shape index (κ1) is 21.6. The van der Waals surface area contributed by atoms with Gasteiger partial charge in [-0.1, -0.05) is 17.7 Å². The van der Waals surface area contributed by atoms with Crippen LogP contribution in [-0.2, 0) is 19.2 Å². The summed E-state index contributed by atoms with van der Waals surface area (Å²) in [6.07, 6.45) is 1.95. The normalized spacial score (nSPS) is 18.9. The number of halogens is 1. The number of hydrogen-bond acceptors (Lipinski definition) is 5. The number of benzene rings is 1. The van der Waals surface area contributed by atoms with Gasteiger partial charge in [-0.05, 0) is 38.8 Å². The molecule has 3 amide bonds. The van der Waals surface area contributed by atoms with Crippen LogP contribution in [0.5, 0.6) is 0 Å². The largest absolute Gasteiger partial charge is 0.357 e. The van der Waals surface area contributed by atoms with Gasteiger partial charge in [-0.25, -0.2) is 10.3 Å². The number of carbonyl (C=O) groups is 3. The van der Waals surface area contributed by atoms with E-state index in [0.717, 1.165) is 21.5 Å². The summed E-state index contributed by atoms with van der Waals surface area (Å²) in [5.74, 6) is -1.86. The monoisotopic (exact) mass is 489 g/mol. The predicted molar refractivity (Wildman–Crippen MR) is 107 cm³/mol. The molecule has 148 valence electrons. The van der Waals surface area contributed by atoms with Crippen LogP contribution in [-0.4, -0.2) is 46.3 Å². The Bertz CT molecular complexity index is 691. The van der Waals surface area contributed by atoms with Gasteiger partial charge >= 0.3 is 0 Å². The van der Waals surface area contributed by atoms with Crippen molar-refractivity contribution in [3.8, 4) is 0 Å². The van der Waals surface area contributed by atoms with Crippen LogP contribution in [0.25, 0.3) is 0 Å². The number of likely N-dealkylation sites (N-methyl/N-ethyl adjacent to an activating group) is 1. The smallest absolute Gasteiger partial charge is 0.279 e. The number of ether oxygens (including phenoxy) is 1. The lowest BCUT2D eigenvalue weighted by atomic mass is 9.99. The van der Waals surface area contributed by atoms with Gasteiger partial charge in [0, 0.05) is 25.6 Å². The third kappa shape index (κ3) is 4.96. The third-order valence-corrected chi connectivity index (χ3v) is 5.80. The second-order valence-corrected chi connectivity index (χ2v) is 7.41. The lowest BCUT2D eigenvalue weighted by Crippen LogP contribution is -2.63. The summed E-state index contributed by atoms with van der Waals surface area (Å²) in [5, 5.41) is 2.44. The second-order valence-electron chi connectivity index (χ2n) is 6.45. The van der Waals surface area contributed by atoms with Crippen LogP contribution < -0.4 is 10.8 Å². The zero-order valence-electron chi connectivity index (χ0n) is 15.6. The maximum atomic E-state index is 12.8. The van der Waals surface area contributed by atoms with Gasteiger partial charge in [-0.3, -0.25) is 17.5 Å². The first-order chi connectivity index (χ1) is 12.8. The van der Waals surface area contributed by atoms with Crippen LogP contribution in [0.15, 0.2) is 24.3 Å². The van der Waals surface area contributed by atoms with Crippen LogP contribution in [0.2, 0.25) is 0 Å². The molecule has 1 aromatic carbocycles. The molecule has 0 radical (unpaired) electrons. The quantitative estimate of drug-likeness (QED) is 0.275. The molecule has 1 heterocycles. The molecule has 1 aromatic rings. The van der Waals surface area contributed by atoms with Gasteiger partial charge in [-0.15, -0.1) is 0 Å². The van der Waals surface area contributed by atoms with E-state index in [1.54, 1.807) is 47.1 Å². The van der Waals surface area contributed by atoms with Crippen LogP contribution in [0.3, 0.4) is 0 Å². The minimum atomic E-state index is -1.81. The highest BCUT2D eigenvalue weighted by Gasteiger charge is 2.48. The number of hydrogen-bond donors (Lipinski definition) is 2. The van der Waals surface area contributed by atoms with E-state index in [4.69, 9.17) is 9.57 Å². The van der Waals surface area contributed by atoms with Crippen molar-refractivity contribution in [3.05, 3.63) is 35.4 Å². The molecule has 2 N–H and O–H groups in total. The first-order valence-electron chi connectivity index (χ1n) is 8.67. The Labute approximate surface area is 172 Å². The van der Waals surface area contributed by atoms with Crippen LogP contribution in [0, 0.1) is 6.92 Å². The van der Waals surface area contributed by atoms with Crippen molar-refractivity contribution in [2.24, 2.45) is 0 Å². The zero-order chi connectivity index (χ0) is 20.0. The molecule has 27 heavy (non-hydrogen) atoms. The maximum Gasteiger partial charge on any atom is 0.279 e. The molecule has 0 spiro atoms. The summed E-state index contributed by atoms with van der Waals surface area (Å²) in [6.45, 7) is 3.82. The van der Waals surface area contributed by atoms with Gasteiger partial charge in [0.15, 0.2) is 6.29 Å². The summed E-state index contributed by atoms with van der Waals surface area (Å²) in [6, 6.07) is 6.88. The molecule has 2 atom stereocenters. The number of aryl methyl sites for hydroxylation is 1. The number of carbonyl (C=O) groups excluding carboxylic acids is 3. The van der Waals surface area contributed by atoms with Crippen LogP contribution in [0.1, 0.15) is 42.1 Å². The van der Waals surface area contributed by atoms with Crippen molar-refractivity contribution in [2.75, 3.05) is 13.7 Å². The fourth-order valence-electron chi connectivity index (χ4n) is 2.56. The van der Waals surface area contributed by atoms with Crippen LogP contribution >= 0.6 is 22.9 Å². The summed E-state index contributed by atoms with van der Waals surface area (Å²) in [5.41, 5.74) is 1.84. The molecular formula is C18H24IN3O5. The average molecular weight is 489 g/mol. The third-order valence-electron chi connectivity index (χ3n) is 4.40. The molecule has 1 aliphatic rings. The summed E-state index contributed by atoms with van der Waals surface area (Å²) in [4.78, 5) is 43.4. The van der Waals surface area contributed by atoms with Gasteiger partial charge in [0.2, 0.25) is 5.54 Å². The Hall–Kier alpha value is -1.72. The lowest BCUT2D eigenvalue weighted by Gasteiger charge is -2.34. The topological polar surface area (TPSA) is 97.0 Å². The second kappa shape index (κ2) is 9.47. The zero-order valence-corrected chi connectivity index (χ0v) is 17.7. The van der Waals surface area contributed by atoms with E-state index in [1.165, 1.54) is 14.0 Å². The highest BCUT2D eigenvalue weighted by atomic mass is 127. The fourth-order valence-corrected chi connectivity index (χ4v) is 3.28. The summed E-state index contributed by atoms with van der Waals surface area (Å²) >= 11 is 1.68.